The number of rotatable bonds is 7. The summed E-state index contributed by atoms with van der Waals surface area (Å²) in [5, 5.41) is 0.303. The molecule has 4 nitrogen and oxygen atoms in total. The van der Waals surface area contributed by atoms with E-state index in [1.54, 1.807) is 26.1 Å². The van der Waals surface area contributed by atoms with Gasteiger partial charge in [-0.15, -0.1) is 0 Å². The number of carbonyl (C=O) groups excluding carboxylic acids is 1. The van der Waals surface area contributed by atoms with E-state index >= 15 is 0 Å². The van der Waals surface area contributed by atoms with Gasteiger partial charge in [0.1, 0.15) is 12.4 Å². The fraction of sp³-hybridized carbons (Fsp3) is 0.400. The van der Waals surface area contributed by atoms with Crippen molar-refractivity contribution in [3.8, 4) is 0 Å². The summed E-state index contributed by atoms with van der Waals surface area (Å²) < 4.78 is 21.1. The number of hydrogen-bond acceptors (Lipinski definition) is 3. The molecular weight excluding hydrogens is 357 g/mol. The highest BCUT2D eigenvalue weighted by Gasteiger charge is 2.23. The summed E-state index contributed by atoms with van der Waals surface area (Å²) >= 11 is 5.80. The number of nitrogens with zero attached hydrogens (tertiary/aromatic N) is 1. The summed E-state index contributed by atoms with van der Waals surface area (Å²) in [6, 6.07) is 4.40. The lowest BCUT2D eigenvalue weighted by Gasteiger charge is -2.14. The Kier molecular flexibility index (Phi) is 5.58. The van der Waals surface area contributed by atoms with Gasteiger partial charge in [0, 0.05) is 35.8 Å². The Bertz CT molecular complexity index is 903. The first-order chi connectivity index (χ1) is 12.4. The summed E-state index contributed by atoms with van der Waals surface area (Å²) in [6.07, 6.45) is 3.96. The van der Waals surface area contributed by atoms with E-state index in [9.17, 15) is 14.0 Å². The van der Waals surface area contributed by atoms with Crippen LogP contribution in [0.5, 0.6) is 0 Å². The smallest absolute Gasteiger partial charge is 0.253 e. The van der Waals surface area contributed by atoms with Crippen LogP contribution < -0.4 is 5.56 Å². The highest BCUT2D eigenvalue weighted by Crippen LogP contribution is 2.29. The van der Waals surface area contributed by atoms with Crippen LogP contribution in [-0.2, 0) is 18.2 Å². The molecule has 0 saturated heterocycles. The van der Waals surface area contributed by atoms with Gasteiger partial charge in [0.05, 0.1) is 6.61 Å². The van der Waals surface area contributed by atoms with Gasteiger partial charge in [-0.1, -0.05) is 17.7 Å². The standard InChI is InChI=1S/C20H21ClFNO3/c1-12-16(7-14-5-6-15(21)8-18(14)22)17(9-23(2)20(12)25)19(24)11-26-10-13-3-4-13/h5-6,8-9,13H,3-4,7,10-11H2,1-2H3. The van der Waals surface area contributed by atoms with Crippen molar-refractivity contribution in [2.75, 3.05) is 13.2 Å². The molecule has 1 aromatic carbocycles. The van der Waals surface area contributed by atoms with Crippen LogP contribution in [-0.4, -0.2) is 23.6 Å². The van der Waals surface area contributed by atoms with Crippen LogP contribution in [0.15, 0.2) is 29.2 Å². The number of aromatic nitrogens is 1. The van der Waals surface area contributed by atoms with E-state index in [0.717, 1.165) is 12.8 Å². The first kappa shape index (κ1) is 18.8. The predicted octanol–water partition coefficient (Wildman–Crippen LogP) is 3.69. The highest BCUT2D eigenvalue weighted by atomic mass is 35.5. The molecular formula is C20H21ClFNO3. The van der Waals surface area contributed by atoms with Gasteiger partial charge in [-0.25, -0.2) is 4.39 Å². The lowest BCUT2D eigenvalue weighted by Crippen LogP contribution is -2.25. The Hall–Kier alpha value is -1.98. The number of pyridine rings is 1. The molecule has 1 aliphatic carbocycles. The monoisotopic (exact) mass is 377 g/mol. The van der Waals surface area contributed by atoms with Gasteiger partial charge in [0.15, 0.2) is 5.78 Å². The van der Waals surface area contributed by atoms with Gasteiger partial charge >= 0.3 is 0 Å². The molecule has 0 aliphatic heterocycles. The second-order valence-electron chi connectivity index (χ2n) is 6.86. The molecule has 138 valence electrons. The number of carbonyl (C=O) groups is 1. The van der Waals surface area contributed by atoms with E-state index < -0.39 is 5.82 Å². The zero-order valence-corrected chi connectivity index (χ0v) is 15.6. The van der Waals surface area contributed by atoms with Crippen molar-refractivity contribution in [3.63, 3.8) is 0 Å². The van der Waals surface area contributed by atoms with Gasteiger partial charge in [-0.2, -0.15) is 0 Å². The Morgan fingerprint density at radius 2 is 2.12 bits per heavy atom. The number of halogens is 2. The van der Waals surface area contributed by atoms with Crippen LogP contribution in [0.1, 0.15) is 39.9 Å². The topological polar surface area (TPSA) is 48.3 Å². The predicted molar refractivity (Wildman–Crippen MR) is 98.5 cm³/mol. The van der Waals surface area contributed by atoms with E-state index in [0.29, 0.717) is 39.8 Å². The van der Waals surface area contributed by atoms with Gasteiger partial charge in [-0.3, -0.25) is 9.59 Å². The van der Waals surface area contributed by atoms with Crippen molar-refractivity contribution >= 4 is 17.4 Å². The largest absolute Gasteiger partial charge is 0.373 e. The van der Waals surface area contributed by atoms with Crippen LogP contribution in [0.2, 0.25) is 5.02 Å². The minimum atomic E-state index is -0.457. The first-order valence-electron chi connectivity index (χ1n) is 8.60. The average molecular weight is 378 g/mol. The number of aryl methyl sites for hydroxylation is 1. The molecule has 6 heteroatoms. The Morgan fingerprint density at radius 1 is 1.38 bits per heavy atom. The van der Waals surface area contributed by atoms with Gasteiger partial charge in [0.25, 0.3) is 5.56 Å². The third-order valence-electron chi connectivity index (χ3n) is 4.71. The van der Waals surface area contributed by atoms with Crippen LogP contribution >= 0.6 is 11.6 Å². The molecule has 0 radical (unpaired) electrons. The quantitative estimate of drug-likeness (QED) is 0.691. The van der Waals surface area contributed by atoms with Crippen molar-refractivity contribution in [1.82, 2.24) is 4.57 Å². The van der Waals surface area contributed by atoms with E-state index in [1.165, 1.54) is 16.8 Å². The van der Waals surface area contributed by atoms with E-state index in [2.05, 4.69) is 0 Å². The zero-order valence-electron chi connectivity index (χ0n) is 14.9. The average Bonchev–Trinajstić information content (AvgIpc) is 3.41. The number of Topliss-reactive ketones (excluding diaryl/α,β-unsaturated/α-hetero) is 1. The van der Waals surface area contributed by atoms with Crippen LogP contribution in [0, 0.1) is 18.7 Å². The molecule has 1 aliphatic rings. The van der Waals surface area contributed by atoms with Crippen LogP contribution in [0.25, 0.3) is 0 Å². The summed E-state index contributed by atoms with van der Waals surface area (Å²) in [7, 11) is 1.60. The second-order valence-corrected chi connectivity index (χ2v) is 7.29. The normalized spacial score (nSPS) is 13.8. The van der Waals surface area contributed by atoms with Crippen molar-refractivity contribution in [2.24, 2.45) is 13.0 Å². The molecule has 0 unspecified atom stereocenters. The van der Waals surface area contributed by atoms with Crippen molar-refractivity contribution < 1.29 is 13.9 Å². The maximum atomic E-state index is 14.2. The number of ketones is 1. The molecule has 0 atom stereocenters. The Balaban J connectivity index is 1.92. The molecule has 0 N–H and O–H groups in total. The first-order valence-corrected chi connectivity index (χ1v) is 8.98. The SMILES string of the molecule is Cc1c(Cc2ccc(Cl)cc2F)c(C(=O)COCC2CC2)cn(C)c1=O. The molecule has 0 spiro atoms. The lowest BCUT2D eigenvalue weighted by atomic mass is 9.95. The molecule has 3 rings (SSSR count). The minimum absolute atomic E-state index is 0.0375. The van der Waals surface area contributed by atoms with E-state index in [1.807, 2.05) is 0 Å². The second kappa shape index (κ2) is 7.72. The molecule has 26 heavy (non-hydrogen) atoms. The lowest BCUT2D eigenvalue weighted by molar-refractivity contribution is 0.0738. The number of hydrogen-bond donors (Lipinski definition) is 0. The minimum Gasteiger partial charge on any atom is -0.373 e. The summed E-state index contributed by atoms with van der Waals surface area (Å²) in [6.45, 7) is 2.20. The number of ether oxygens (including phenoxy) is 1. The van der Waals surface area contributed by atoms with E-state index in [4.69, 9.17) is 16.3 Å². The summed E-state index contributed by atoms with van der Waals surface area (Å²) in [5.41, 5.74) is 1.56. The molecule has 2 aromatic rings. The van der Waals surface area contributed by atoms with Crippen molar-refractivity contribution in [3.05, 3.63) is 67.8 Å². The van der Waals surface area contributed by atoms with Crippen molar-refractivity contribution in [2.45, 2.75) is 26.2 Å². The molecule has 0 bridgehead atoms. The molecule has 1 saturated carbocycles. The summed E-state index contributed by atoms with van der Waals surface area (Å²) in [4.78, 5) is 25.0. The highest BCUT2D eigenvalue weighted by molar-refractivity contribution is 6.30. The van der Waals surface area contributed by atoms with Crippen molar-refractivity contribution in [1.29, 1.82) is 0 Å². The van der Waals surface area contributed by atoms with Gasteiger partial charge in [-0.05, 0) is 48.9 Å². The molecule has 1 aromatic heterocycles. The van der Waals surface area contributed by atoms with E-state index in [-0.39, 0.29) is 24.4 Å². The zero-order chi connectivity index (χ0) is 18.8. The number of benzene rings is 1. The summed E-state index contributed by atoms with van der Waals surface area (Å²) in [5.74, 6) is -0.0954. The van der Waals surface area contributed by atoms with Crippen LogP contribution in [0.4, 0.5) is 4.39 Å². The molecule has 0 amide bonds. The molecule has 1 heterocycles. The third kappa shape index (κ3) is 4.22. The van der Waals surface area contributed by atoms with Gasteiger partial charge < -0.3 is 9.30 Å². The maximum Gasteiger partial charge on any atom is 0.253 e. The van der Waals surface area contributed by atoms with Crippen LogP contribution in [0.3, 0.4) is 0 Å². The maximum absolute atomic E-state index is 14.2. The van der Waals surface area contributed by atoms with Gasteiger partial charge in [0.2, 0.25) is 0 Å². The Morgan fingerprint density at radius 3 is 2.77 bits per heavy atom. The Labute approximate surface area is 156 Å². The molecule has 1 fully saturated rings. The fourth-order valence-corrected chi connectivity index (χ4v) is 3.09. The third-order valence-corrected chi connectivity index (χ3v) is 4.94. The fourth-order valence-electron chi connectivity index (χ4n) is 2.93.